The zero-order valence-corrected chi connectivity index (χ0v) is 25.2. The highest BCUT2D eigenvalue weighted by Gasteiger charge is 2.30. The minimum absolute atomic E-state index is 0.0147. The Hall–Kier alpha value is -5.26. The minimum atomic E-state index is -0.437. The van der Waals surface area contributed by atoms with Gasteiger partial charge in [0.2, 0.25) is 5.91 Å². The van der Waals surface area contributed by atoms with E-state index in [2.05, 4.69) is 43.0 Å². The molecule has 2 aromatic rings. The topological polar surface area (TPSA) is 150 Å². The lowest BCUT2D eigenvalue weighted by atomic mass is 10.00. The number of para-hydroxylation sites is 1. The molecule has 0 spiro atoms. The summed E-state index contributed by atoms with van der Waals surface area (Å²) in [6.07, 6.45) is 9.10. The van der Waals surface area contributed by atoms with Crippen LogP contribution in [0.2, 0.25) is 0 Å². The molecule has 1 saturated carbocycles. The number of allylic oxidation sites excluding steroid dienone is 4. The molecule has 3 aliphatic rings. The van der Waals surface area contributed by atoms with Crippen molar-refractivity contribution in [2.45, 2.75) is 19.8 Å². The van der Waals surface area contributed by atoms with Crippen LogP contribution in [-0.4, -0.2) is 73.3 Å². The van der Waals surface area contributed by atoms with Gasteiger partial charge in [-0.1, -0.05) is 31.7 Å². The molecule has 1 aromatic carbocycles. The van der Waals surface area contributed by atoms with Crippen molar-refractivity contribution in [1.82, 2.24) is 25.7 Å². The molecule has 3 amide bonds. The third-order valence-corrected chi connectivity index (χ3v) is 7.57. The molecule has 12 nitrogen and oxygen atoms in total. The number of amides is 3. The number of dihydropyridines is 1. The van der Waals surface area contributed by atoms with Gasteiger partial charge in [0.15, 0.2) is 11.5 Å². The maximum atomic E-state index is 13.1. The number of hydrogen-bond donors (Lipinski definition) is 4. The standard InChI is InChI=1S/C32H36N8O4/c1-18-13-22(34-15-19(18)2)17-40(4)32(43)25-12-11-21(16-35-25)23-7-6-8-24(29(23)44-5)36-26-14-27(37-30(41)20-9-10-20)38-39-28(26)31(42)33-3/h6-8,11-15,19-20,35H,1,9-10,16-17H2,2-5H3,(H,33,42)(H2,36,37,38,41). The van der Waals surface area contributed by atoms with E-state index in [0.717, 1.165) is 35.2 Å². The number of nitrogens with zero attached hydrogens (tertiary/aromatic N) is 4. The van der Waals surface area contributed by atoms with Gasteiger partial charge in [-0.3, -0.25) is 19.4 Å². The molecule has 0 saturated heterocycles. The van der Waals surface area contributed by atoms with Gasteiger partial charge in [-0.15, -0.1) is 10.2 Å². The number of ether oxygens (including phenoxy) is 1. The first-order chi connectivity index (χ1) is 21.2. The average molecular weight is 597 g/mol. The molecule has 1 atom stereocenters. The molecule has 0 radical (unpaired) electrons. The summed E-state index contributed by atoms with van der Waals surface area (Å²) in [5.74, 6) is 0.233. The predicted molar refractivity (Wildman–Crippen MR) is 170 cm³/mol. The molecule has 4 N–H and O–H groups in total. The average Bonchev–Trinajstić information content (AvgIpc) is 3.88. The summed E-state index contributed by atoms with van der Waals surface area (Å²) in [5, 5.41) is 19.9. The van der Waals surface area contributed by atoms with Crippen molar-refractivity contribution in [2.24, 2.45) is 16.8 Å². The number of aliphatic imine (C=N–C) groups is 1. The number of carbonyl (C=O) groups is 3. The van der Waals surface area contributed by atoms with Crippen LogP contribution in [0.5, 0.6) is 5.75 Å². The zero-order valence-electron chi connectivity index (χ0n) is 25.2. The number of benzene rings is 1. The van der Waals surface area contributed by atoms with E-state index >= 15 is 0 Å². The highest BCUT2D eigenvalue weighted by molar-refractivity contribution is 6.00. The highest BCUT2D eigenvalue weighted by Crippen LogP contribution is 2.37. The molecule has 1 fully saturated rings. The Labute approximate surface area is 256 Å². The molecule has 0 bridgehead atoms. The number of hydrogen-bond acceptors (Lipinski definition) is 9. The van der Waals surface area contributed by atoms with Crippen molar-refractivity contribution in [3.05, 3.63) is 77.3 Å². The van der Waals surface area contributed by atoms with Gasteiger partial charge in [0.05, 0.1) is 30.7 Å². The van der Waals surface area contributed by atoms with Crippen LogP contribution in [0.3, 0.4) is 0 Å². The number of carbonyl (C=O) groups excluding carboxylic acids is 3. The largest absolute Gasteiger partial charge is 0.494 e. The van der Waals surface area contributed by atoms with Crippen molar-refractivity contribution in [3.63, 3.8) is 0 Å². The second-order valence-corrected chi connectivity index (χ2v) is 10.9. The Morgan fingerprint density at radius 2 is 1.95 bits per heavy atom. The van der Waals surface area contributed by atoms with E-state index in [1.807, 2.05) is 43.5 Å². The van der Waals surface area contributed by atoms with Gasteiger partial charge in [0.1, 0.15) is 11.4 Å². The van der Waals surface area contributed by atoms with Crippen LogP contribution < -0.4 is 26.0 Å². The summed E-state index contributed by atoms with van der Waals surface area (Å²) in [6, 6.07) is 7.16. The maximum Gasteiger partial charge on any atom is 0.273 e. The van der Waals surface area contributed by atoms with E-state index < -0.39 is 5.91 Å². The van der Waals surface area contributed by atoms with Crippen molar-refractivity contribution in [2.75, 3.05) is 44.9 Å². The van der Waals surface area contributed by atoms with Gasteiger partial charge < -0.3 is 30.9 Å². The summed E-state index contributed by atoms with van der Waals surface area (Å²) < 4.78 is 5.82. The van der Waals surface area contributed by atoms with E-state index in [1.54, 1.807) is 31.2 Å². The first kappa shape index (κ1) is 30.2. The molecule has 5 rings (SSSR count). The molecule has 44 heavy (non-hydrogen) atoms. The third kappa shape index (κ3) is 6.69. The summed E-state index contributed by atoms with van der Waals surface area (Å²) in [5.41, 5.74) is 4.89. The molecule has 3 heterocycles. The fourth-order valence-electron chi connectivity index (χ4n) is 4.78. The molecule has 1 aromatic heterocycles. The van der Waals surface area contributed by atoms with Gasteiger partial charge >= 0.3 is 0 Å². The lowest BCUT2D eigenvalue weighted by Gasteiger charge is -2.24. The van der Waals surface area contributed by atoms with E-state index in [4.69, 9.17) is 4.74 Å². The van der Waals surface area contributed by atoms with Crippen molar-refractivity contribution in [1.29, 1.82) is 0 Å². The SMILES string of the molecule is C=C1C=C(CN(C)C(=O)C2=CC=C(c3cccc(Nc4cc(NC(=O)C5CC5)nnc4C(=O)NC)c3OC)CN2)N=CC1C. The van der Waals surface area contributed by atoms with E-state index in [9.17, 15) is 14.4 Å². The van der Waals surface area contributed by atoms with Crippen LogP contribution in [0.15, 0.2) is 71.0 Å². The van der Waals surface area contributed by atoms with Crippen LogP contribution in [-0.2, 0) is 9.59 Å². The van der Waals surface area contributed by atoms with Crippen molar-refractivity contribution in [3.8, 4) is 5.75 Å². The van der Waals surface area contributed by atoms with Gasteiger partial charge in [-0.2, -0.15) is 0 Å². The molecule has 228 valence electrons. The number of likely N-dealkylation sites (N-methyl/N-ethyl adjacent to an activating group) is 1. The second kappa shape index (κ2) is 12.9. The normalized spacial score (nSPS) is 17.4. The van der Waals surface area contributed by atoms with Crippen molar-refractivity contribution >= 4 is 46.7 Å². The van der Waals surface area contributed by atoms with Gasteiger partial charge in [0.25, 0.3) is 11.8 Å². The zero-order chi connectivity index (χ0) is 31.4. The Morgan fingerprint density at radius 3 is 2.61 bits per heavy atom. The number of aromatic nitrogens is 2. The smallest absolute Gasteiger partial charge is 0.273 e. The second-order valence-electron chi connectivity index (χ2n) is 10.9. The number of nitrogens with one attached hydrogen (secondary N) is 4. The van der Waals surface area contributed by atoms with Crippen LogP contribution in [0.4, 0.5) is 17.2 Å². The Morgan fingerprint density at radius 1 is 1.16 bits per heavy atom. The first-order valence-corrected chi connectivity index (χ1v) is 14.4. The fourth-order valence-corrected chi connectivity index (χ4v) is 4.78. The van der Waals surface area contributed by atoms with E-state index in [1.165, 1.54) is 7.05 Å². The monoisotopic (exact) mass is 596 g/mol. The van der Waals surface area contributed by atoms with Gasteiger partial charge in [-0.05, 0) is 42.2 Å². The number of methoxy groups -OCH3 is 1. The lowest BCUT2D eigenvalue weighted by Crippen LogP contribution is -2.36. The molecular weight excluding hydrogens is 560 g/mol. The van der Waals surface area contributed by atoms with Crippen molar-refractivity contribution < 1.29 is 19.1 Å². The molecule has 1 unspecified atom stereocenters. The molecule has 2 aliphatic heterocycles. The van der Waals surface area contributed by atoms with Gasteiger partial charge in [-0.25, -0.2) is 0 Å². The van der Waals surface area contributed by atoms with Crippen LogP contribution in [0, 0.1) is 11.8 Å². The Bertz CT molecular complexity index is 1640. The summed E-state index contributed by atoms with van der Waals surface area (Å²) in [7, 11) is 4.80. The molecular formula is C32H36N8O4. The lowest BCUT2D eigenvalue weighted by molar-refractivity contribution is -0.126. The maximum absolute atomic E-state index is 13.1. The van der Waals surface area contributed by atoms with Crippen LogP contribution in [0.25, 0.3) is 5.57 Å². The summed E-state index contributed by atoms with van der Waals surface area (Å²) in [4.78, 5) is 44.1. The Balaban J connectivity index is 1.36. The summed E-state index contributed by atoms with van der Waals surface area (Å²) in [6.45, 7) is 6.83. The van der Waals surface area contributed by atoms with Crippen LogP contribution >= 0.6 is 0 Å². The van der Waals surface area contributed by atoms with Gasteiger partial charge in [0, 0.05) is 50.3 Å². The molecule has 1 aliphatic carbocycles. The first-order valence-electron chi connectivity index (χ1n) is 14.4. The molecule has 12 heteroatoms. The third-order valence-electron chi connectivity index (χ3n) is 7.57. The quantitative estimate of drug-likeness (QED) is 0.326. The fraction of sp³-hybridized carbons (Fsp3) is 0.312. The number of rotatable bonds is 10. The van der Waals surface area contributed by atoms with E-state index in [-0.39, 0.29) is 35.2 Å². The predicted octanol–water partition coefficient (Wildman–Crippen LogP) is 3.43. The summed E-state index contributed by atoms with van der Waals surface area (Å²) >= 11 is 0. The van der Waals surface area contributed by atoms with Crippen LogP contribution in [0.1, 0.15) is 35.8 Å². The Kier molecular flexibility index (Phi) is 8.88. The highest BCUT2D eigenvalue weighted by atomic mass is 16.5. The number of anilines is 3. The van der Waals surface area contributed by atoms with E-state index in [0.29, 0.717) is 35.9 Å². The minimum Gasteiger partial charge on any atom is -0.494 e.